The van der Waals surface area contributed by atoms with Crippen molar-refractivity contribution in [3.63, 3.8) is 0 Å². The van der Waals surface area contributed by atoms with Crippen molar-refractivity contribution >= 4 is 11.0 Å². The number of aryl methyl sites for hydroxylation is 1. The molecule has 0 amide bonds. The molecule has 26 heavy (non-hydrogen) atoms. The predicted molar refractivity (Wildman–Crippen MR) is 88.2 cm³/mol. The summed E-state index contributed by atoms with van der Waals surface area (Å²) in [5.41, 5.74) is 0.301. The molecule has 3 rings (SSSR count). The standard InChI is InChI=1S/C17H20O9/c1-7-3-8(4-10-13(7)9(23-2)5-12(19)25-10)24-17-16(22)15(21)14(20)11(6-18)26-17/h3-5,11,14-18,20-22H,6H2,1-2H3/t11-,14-,15+,16-,17-/m1/s1. The molecule has 5 atom stereocenters. The van der Waals surface area contributed by atoms with Crippen molar-refractivity contribution < 1.29 is 39.1 Å². The topological polar surface area (TPSA) is 139 Å². The molecule has 0 unspecified atom stereocenters. The van der Waals surface area contributed by atoms with E-state index in [0.717, 1.165) is 0 Å². The van der Waals surface area contributed by atoms with Gasteiger partial charge in [0.05, 0.1) is 25.2 Å². The summed E-state index contributed by atoms with van der Waals surface area (Å²) in [6.07, 6.45) is -6.99. The Morgan fingerprint density at radius 3 is 2.50 bits per heavy atom. The van der Waals surface area contributed by atoms with Gasteiger partial charge in [-0.15, -0.1) is 0 Å². The van der Waals surface area contributed by atoms with Crippen molar-refractivity contribution in [1.82, 2.24) is 0 Å². The summed E-state index contributed by atoms with van der Waals surface area (Å²) < 4.78 is 21.2. The zero-order valence-corrected chi connectivity index (χ0v) is 14.2. The van der Waals surface area contributed by atoms with Crippen LogP contribution in [0.4, 0.5) is 0 Å². The minimum atomic E-state index is -1.55. The van der Waals surface area contributed by atoms with Gasteiger partial charge in [0, 0.05) is 6.07 Å². The first-order valence-electron chi connectivity index (χ1n) is 7.95. The Bertz CT molecular complexity index is 844. The van der Waals surface area contributed by atoms with Gasteiger partial charge in [-0.1, -0.05) is 0 Å². The number of ether oxygens (including phenoxy) is 3. The maximum absolute atomic E-state index is 11.6. The Morgan fingerprint density at radius 2 is 1.85 bits per heavy atom. The van der Waals surface area contributed by atoms with E-state index in [4.69, 9.17) is 18.6 Å². The van der Waals surface area contributed by atoms with Gasteiger partial charge in [0.15, 0.2) is 0 Å². The van der Waals surface area contributed by atoms with Crippen LogP contribution in [0.2, 0.25) is 0 Å². The van der Waals surface area contributed by atoms with E-state index in [0.29, 0.717) is 16.7 Å². The van der Waals surface area contributed by atoms with Crippen LogP contribution in [0, 0.1) is 6.92 Å². The predicted octanol–water partition coefficient (Wildman–Crippen LogP) is -0.711. The molecule has 0 spiro atoms. The van der Waals surface area contributed by atoms with Crippen LogP contribution >= 0.6 is 0 Å². The number of aliphatic hydroxyl groups excluding tert-OH is 4. The second-order valence-corrected chi connectivity index (χ2v) is 6.06. The third kappa shape index (κ3) is 3.27. The van der Waals surface area contributed by atoms with E-state index in [1.54, 1.807) is 13.0 Å². The van der Waals surface area contributed by atoms with Crippen molar-refractivity contribution in [3.05, 3.63) is 34.2 Å². The van der Waals surface area contributed by atoms with Crippen LogP contribution in [0.3, 0.4) is 0 Å². The maximum atomic E-state index is 11.6. The first kappa shape index (κ1) is 18.6. The van der Waals surface area contributed by atoms with E-state index in [-0.39, 0.29) is 11.3 Å². The van der Waals surface area contributed by atoms with Crippen LogP contribution in [-0.2, 0) is 4.74 Å². The lowest BCUT2D eigenvalue weighted by Gasteiger charge is -2.39. The highest BCUT2D eigenvalue weighted by atomic mass is 16.7. The molecular formula is C17H20O9. The van der Waals surface area contributed by atoms with Crippen molar-refractivity contribution in [2.45, 2.75) is 37.6 Å². The van der Waals surface area contributed by atoms with Gasteiger partial charge in [0.25, 0.3) is 0 Å². The summed E-state index contributed by atoms with van der Waals surface area (Å²) in [6, 6.07) is 4.27. The van der Waals surface area contributed by atoms with Crippen molar-refractivity contribution in [2.75, 3.05) is 13.7 Å². The summed E-state index contributed by atoms with van der Waals surface area (Å²) in [7, 11) is 1.44. The van der Waals surface area contributed by atoms with E-state index in [1.165, 1.54) is 19.2 Å². The van der Waals surface area contributed by atoms with Gasteiger partial charge in [0.2, 0.25) is 6.29 Å². The highest BCUT2D eigenvalue weighted by molar-refractivity contribution is 5.87. The monoisotopic (exact) mass is 368 g/mol. The summed E-state index contributed by atoms with van der Waals surface area (Å²) in [5.74, 6) is 0.559. The molecule has 2 heterocycles. The van der Waals surface area contributed by atoms with E-state index in [2.05, 4.69) is 0 Å². The number of rotatable bonds is 4. The van der Waals surface area contributed by atoms with Crippen LogP contribution in [0.15, 0.2) is 27.4 Å². The van der Waals surface area contributed by atoms with Gasteiger partial charge < -0.3 is 39.1 Å². The quantitative estimate of drug-likeness (QED) is 0.515. The highest BCUT2D eigenvalue weighted by Crippen LogP contribution is 2.32. The Balaban J connectivity index is 1.95. The molecule has 0 bridgehead atoms. The lowest BCUT2D eigenvalue weighted by Crippen LogP contribution is -2.60. The Morgan fingerprint density at radius 1 is 1.12 bits per heavy atom. The molecule has 2 aromatic rings. The molecule has 0 saturated carbocycles. The van der Waals surface area contributed by atoms with Crippen LogP contribution < -0.4 is 15.1 Å². The van der Waals surface area contributed by atoms with Crippen molar-refractivity contribution in [1.29, 1.82) is 0 Å². The molecule has 1 aromatic carbocycles. The molecule has 142 valence electrons. The van der Waals surface area contributed by atoms with Gasteiger partial charge in [-0.05, 0) is 18.6 Å². The molecule has 4 N–H and O–H groups in total. The summed E-state index contributed by atoms with van der Waals surface area (Å²) in [5, 5.41) is 39.5. The average Bonchev–Trinajstić information content (AvgIpc) is 2.61. The van der Waals surface area contributed by atoms with Crippen molar-refractivity contribution in [3.8, 4) is 11.5 Å². The third-order valence-electron chi connectivity index (χ3n) is 4.30. The fourth-order valence-electron chi connectivity index (χ4n) is 2.96. The molecule has 9 heteroatoms. The molecule has 1 aliphatic heterocycles. The van der Waals surface area contributed by atoms with Gasteiger partial charge in [-0.3, -0.25) is 0 Å². The van der Waals surface area contributed by atoms with Crippen LogP contribution in [0.1, 0.15) is 5.56 Å². The molecular weight excluding hydrogens is 348 g/mol. The first-order valence-corrected chi connectivity index (χ1v) is 7.95. The van der Waals surface area contributed by atoms with E-state index in [1.807, 2.05) is 0 Å². The van der Waals surface area contributed by atoms with Gasteiger partial charge in [0.1, 0.15) is 41.5 Å². The van der Waals surface area contributed by atoms with Crippen LogP contribution in [0.5, 0.6) is 11.5 Å². The first-order chi connectivity index (χ1) is 12.3. The van der Waals surface area contributed by atoms with Crippen LogP contribution in [-0.4, -0.2) is 64.8 Å². The van der Waals surface area contributed by atoms with E-state index < -0.39 is 42.9 Å². The number of methoxy groups -OCH3 is 1. The Kier molecular flexibility index (Phi) is 5.17. The molecule has 0 radical (unpaired) electrons. The second kappa shape index (κ2) is 7.22. The minimum absolute atomic E-state index is 0.204. The molecule has 1 fully saturated rings. The number of hydrogen-bond donors (Lipinski definition) is 4. The zero-order chi connectivity index (χ0) is 19.0. The van der Waals surface area contributed by atoms with Gasteiger partial charge in [-0.25, -0.2) is 4.79 Å². The number of aliphatic hydroxyl groups is 4. The molecule has 1 saturated heterocycles. The van der Waals surface area contributed by atoms with Gasteiger partial charge >= 0.3 is 5.63 Å². The largest absolute Gasteiger partial charge is 0.496 e. The number of fused-ring (bicyclic) bond motifs is 1. The number of benzene rings is 1. The maximum Gasteiger partial charge on any atom is 0.339 e. The Hall–Kier alpha value is -2.17. The zero-order valence-electron chi connectivity index (χ0n) is 14.2. The minimum Gasteiger partial charge on any atom is -0.496 e. The molecule has 0 aliphatic carbocycles. The lowest BCUT2D eigenvalue weighted by atomic mass is 9.99. The smallest absolute Gasteiger partial charge is 0.339 e. The SMILES string of the molecule is COc1cc(=O)oc2cc(O[C@@H]3O[C@H](CO)[C@@H](O)[C@H](O)[C@H]3O)cc(C)c12. The van der Waals surface area contributed by atoms with Gasteiger partial charge in [-0.2, -0.15) is 0 Å². The molecule has 9 nitrogen and oxygen atoms in total. The van der Waals surface area contributed by atoms with E-state index in [9.17, 15) is 25.2 Å². The van der Waals surface area contributed by atoms with Crippen molar-refractivity contribution in [2.24, 2.45) is 0 Å². The third-order valence-corrected chi connectivity index (χ3v) is 4.30. The summed E-state index contributed by atoms with van der Waals surface area (Å²) >= 11 is 0. The fraction of sp³-hybridized carbons (Fsp3) is 0.471. The summed E-state index contributed by atoms with van der Waals surface area (Å²) in [6.45, 7) is 1.19. The number of hydrogen-bond acceptors (Lipinski definition) is 9. The Labute approximate surface area is 148 Å². The van der Waals surface area contributed by atoms with Crippen LogP contribution in [0.25, 0.3) is 11.0 Å². The average molecular weight is 368 g/mol. The normalized spacial score (nSPS) is 28.9. The molecule has 1 aromatic heterocycles. The molecule has 1 aliphatic rings. The fourth-order valence-corrected chi connectivity index (χ4v) is 2.96. The highest BCUT2D eigenvalue weighted by Gasteiger charge is 2.44. The summed E-state index contributed by atoms with van der Waals surface area (Å²) in [4.78, 5) is 11.6. The lowest BCUT2D eigenvalue weighted by molar-refractivity contribution is -0.277. The van der Waals surface area contributed by atoms with E-state index >= 15 is 0 Å². The second-order valence-electron chi connectivity index (χ2n) is 6.06.